The summed E-state index contributed by atoms with van der Waals surface area (Å²) in [7, 11) is 0. The van der Waals surface area contributed by atoms with Crippen molar-refractivity contribution in [1.29, 1.82) is 0 Å². The number of nitrogens with zero attached hydrogens (tertiary/aromatic N) is 1. The monoisotopic (exact) mass is 543 g/mol. The molecule has 5 rings (SSSR count). The number of hydrogen-bond donors (Lipinski definition) is 5. The summed E-state index contributed by atoms with van der Waals surface area (Å²) in [6, 6.07) is 8.26. The number of aryl methyl sites for hydroxylation is 1. The van der Waals surface area contributed by atoms with E-state index in [1.54, 1.807) is 24.7 Å². The van der Waals surface area contributed by atoms with Crippen LogP contribution < -0.4 is 21.3 Å². The standard InChI is InChI=1S/C26H24F3N5O3S/c1-13-2-3-14(24(36)33-17-5-4-15(10-35)19(9-17)26(27,28)29)8-20(13)34-25(37)18-11-38-22-21(18)30-12-31-23(22)32-16-6-7-16/h2-5,8-9,11-12,16,23,32,35H,6-7,10H2,1H3,(H,30,31)(H,33,36)(H,34,37). The number of carbonyl (C=O) groups is 2. The normalized spacial score (nSPS) is 16.5. The predicted octanol–water partition coefficient (Wildman–Crippen LogP) is 5.28. The van der Waals surface area contributed by atoms with Crippen molar-refractivity contribution in [2.45, 2.75) is 44.8 Å². The number of carbonyl (C=O) groups excluding carboxylic acids is 2. The SMILES string of the molecule is Cc1ccc(C(=O)Nc2ccc(CO)c(C(F)(F)F)c2)cc1NC(=O)c1csc2c1NC=NC2NC1CC1. The molecule has 0 spiro atoms. The van der Waals surface area contributed by atoms with Crippen molar-refractivity contribution in [2.24, 2.45) is 4.99 Å². The highest BCUT2D eigenvalue weighted by Crippen LogP contribution is 2.38. The minimum absolute atomic E-state index is 0.0716. The first-order chi connectivity index (χ1) is 18.1. The molecule has 1 aromatic heterocycles. The molecule has 2 aliphatic rings. The van der Waals surface area contributed by atoms with Crippen molar-refractivity contribution in [2.75, 3.05) is 16.0 Å². The summed E-state index contributed by atoms with van der Waals surface area (Å²) in [6.07, 6.45) is -1.11. The Morgan fingerprint density at radius 2 is 1.92 bits per heavy atom. The maximum Gasteiger partial charge on any atom is 0.416 e. The summed E-state index contributed by atoms with van der Waals surface area (Å²) >= 11 is 1.43. The molecule has 198 valence electrons. The van der Waals surface area contributed by atoms with Crippen LogP contribution in [0.25, 0.3) is 0 Å². The number of aliphatic imine (C=N–C) groups is 1. The van der Waals surface area contributed by atoms with Crippen molar-refractivity contribution in [3.63, 3.8) is 0 Å². The summed E-state index contributed by atoms with van der Waals surface area (Å²) in [5.74, 6) is -1.02. The van der Waals surface area contributed by atoms with Crippen LogP contribution in [0, 0.1) is 6.92 Å². The van der Waals surface area contributed by atoms with Crippen LogP contribution in [0.15, 0.2) is 46.8 Å². The molecule has 0 bridgehead atoms. The Labute approximate surface area is 220 Å². The number of thiophene rings is 1. The third kappa shape index (κ3) is 5.42. The molecule has 8 nitrogen and oxygen atoms in total. The fourth-order valence-corrected chi connectivity index (χ4v) is 5.09. The van der Waals surface area contributed by atoms with Gasteiger partial charge in [-0.3, -0.25) is 19.9 Å². The van der Waals surface area contributed by atoms with Crippen LogP contribution in [-0.4, -0.2) is 29.3 Å². The highest BCUT2D eigenvalue weighted by molar-refractivity contribution is 7.11. The quantitative estimate of drug-likeness (QED) is 0.278. The molecular weight excluding hydrogens is 519 g/mol. The van der Waals surface area contributed by atoms with Gasteiger partial charge in [-0.2, -0.15) is 13.2 Å². The van der Waals surface area contributed by atoms with Crippen LogP contribution in [0.2, 0.25) is 0 Å². The highest BCUT2D eigenvalue weighted by atomic mass is 32.1. The Bertz CT molecular complexity index is 1430. The summed E-state index contributed by atoms with van der Waals surface area (Å²) in [4.78, 5) is 31.4. The van der Waals surface area contributed by atoms with Crippen LogP contribution in [0.4, 0.5) is 30.2 Å². The number of aliphatic hydroxyl groups excluding tert-OH is 1. The molecule has 1 atom stereocenters. The van der Waals surface area contributed by atoms with Crippen molar-refractivity contribution < 1.29 is 27.9 Å². The van der Waals surface area contributed by atoms with Gasteiger partial charge >= 0.3 is 6.18 Å². The molecule has 5 N–H and O–H groups in total. The van der Waals surface area contributed by atoms with E-state index in [0.29, 0.717) is 28.5 Å². The lowest BCUT2D eigenvalue weighted by atomic mass is 10.1. The first kappa shape index (κ1) is 25.9. The number of rotatable bonds is 7. The fourth-order valence-electron chi connectivity index (χ4n) is 4.07. The molecule has 0 saturated heterocycles. The molecule has 1 unspecified atom stereocenters. The van der Waals surface area contributed by atoms with Gasteiger partial charge in [0.25, 0.3) is 11.8 Å². The molecule has 1 saturated carbocycles. The molecule has 1 aliphatic carbocycles. The first-order valence-corrected chi connectivity index (χ1v) is 12.7. The van der Waals surface area contributed by atoms with Gasteiger partial charge in [-0.05, 0) is 55.2 Å². The molecule has 38 heavy (non-hydrogen) atoms. The van der Waals surface area contributed by atoms with Crippen LogP contribution in [0.3, 0.4) is 0 Å². The summed E-state index contributed by atoms with van der Waals surface area (Å²) in [5, 5.41) is 22.8. The lowest BCUT2D eigenvalue weighted by Crippen LogP contribution is -2.25. The Kier molecular flexibility index (Phi) is 6.95. The maximum absolute atomic E-state index is 13.3. The zero-order valence-corrected chi connectivity index (χ0v) is 21.0. The Balaban J connectivity index is 1.32. The average molecular weight is 544 g/mol. The van der Waals surface area contributed by atoms with E-state index < -0.39 is 24.3 Å². The number of amides is 2. The smallest absolute Gasteiger partial charge is 0.392 e. The van der Waals surface area contributed by atoms with Crippen molar-refractivity contribution in [1.82, 2.24) is 5.32 Å². The zero-order chi connectivity index (χ0) is 27.0. The highest BCUT2D eigenvalue weighted by Gasteiger charge is 2.34. The van der Waals surface area contributed by atoms with E-state index in [0.717, 1.165) is 29.9 Å². The third-order valence-electron chi connectivity index (χ3n) is 6.31. The van der Waals surface area contributed by atoms with E-state index in [2.05, 4.69) is 26.3 Å². The number of halogens is 3. The topological polar surface area (TPSA) is 115 Å². The van der Waals surface area contributed by atoms with Crippen LogP contribution in [-0.2, 0) is 12.8 Å². The van der Waals surface area contributed by atoms with Crippen LogP contribution in [0.5, 0.6) is 0 Å². The summed E-state index contributed by atoms with van der Waals surface area (Å²) < 4.78 is 40.0. The number of aliphatic hydroxyl groups is 1. The molecule has 0 radical (unpaired) electrons. The summed E-state index contributed by atoms with van der Waals surface area (Å²) in [5.41, 5.74) is 0.981. The second kappa shape index (κ2) is 10.2. The van der Waals surface area contributed by atoms with E-state index in [1.807, 2.05) is 0 Å². The van der Waals surface area contributed by atoms with E-state index in [-0.39, 0.29) is 28.9 Å². The van der Waals surface area contributed by atoms with E-state index >= 15 is 0 Å². The first-order valence-electron chi connectivity index (χ1n) is 11.8. The van der Waals surface area contributed by atoms with Crippen LogP contribution >= 0.6 is 11.3 Å². The summed E-state index contributed by atoms with van der Waals surface area (Å²) in [6.45, 7) is 0.988. The maximum atomic E-state index is 13.3. The molecule has 2 heterocycles. The van der Waals surface area contributed by atoms with Crippen LogP contribution in [0.1, 0.15) is 61.3 Å². The second-order valence-corrected chi connectivity index (χ2v) is 10.0. The van der Waals surface area contributed by atoms with Crippen molar-refractivity contribution in [3.8, 4) is 0 Å². The van der Waals surface area contributed by atoms with E-state index in [9.17, 15) is 27.9 Å². The van der Waals surface area contributed by atoms with Gasteiger partial charge in [0.15, 0.2) is 0 Å². The zero-order valence-electron chi connectivity index (χ0n) is 20.1. The van der Waals surface area contributed by atoms with Crippen molar-refractivity contribution >= 4 is 46.6 Å². The number of nitrogens with one attached hydrogen (secondary N) is 4. The Morgan fingerprint density at radius 3 is 2.63 bits per heavy atom. The van der Waals surface area contributed by atoms with Gasteiger partial charge < -0.3 is 21.1 Å². The number of alkyl halides is 3. The fraction of sp³-hybridized carbons (Fsp3) is 0.269. The molecular formula is C26H24F3N5O3S. The van der Waals surface area contributed by atoms with E-state index in [1.165, 1.54) is 29.5 Å². The second-order valence-electron chi connectivity index (χ2n) is 9.12. The molecule has 3 aromatic rings. The average Bonchev–Trinajstić information content (AvgIpc) is 3.59. The van der Waals surface area contributed by atoms with Gasteiger partial charge in [-0.25, -0.2) is 0 Å². The van der Waals surface area contributed by atoms with Gasteiger partial charge in [-0.15, -0.1) is 11.3 Å². The molecule has 12 heteroatoms. The molecule has 2 aromatic carbocycles. The molecule has 1 aliphatic heterocycles. The number of benzene rings is 2. The lowest BCUT2D eigenvalue weighted by Gasteiger charge is -2.19. The van der Waals surface area contributed by atoms with Gasteiger partial charge in [0.2, 0.25) is 0 Å². The lowest BCUT2D eigenvalue weighted by molar-refractivity contribution is -0.138. The Hall–Kier alpha value is -3.74. The third-order valence-corrected chi connectivity index (χ3v) is 7.34. The van der Waals surface area contributed by atoms with Gasteiger partial charge in [0, 0.05) is 28.4 Å². The molecule has 1 fully saturated rings. The van der Waals surface area contributed by atoms with Crippen molar-refractivity contribution in [3.05, 3.63) is 74.5 Å². The minimum Gasteiger partial charge on any atom is -0.392 e. The minimum atomic E-state index is -4.68. The number of hydrogen-bond acceptors (Lipinski definition) is 7. The van der Waals surface area contributed by atoms with Gasteiger partial charge in [-0.1, -0.05) is 12.1 Å². The number of fused-ring (bicyclic) bond motifs is 1. The largest absolute Gasteiger partial charge is 0.416 e. The number of anilines is 3. The molecule has 2 amide bonds. The van der Waals surface area contributed by atoms with E-state index in [4.69, 9.17) is 0 Å². The van der Waals surface area contributed by atoms with Gasteiger partial charge in [0.1, 0.15) is 6.17 Å². The van der Waals surface area contributed by atoms with Gasteiger partial charge in [0.05, 0.1) is 34.6 Å². The Morgan fingerprint density at radius 1 is 1.13 bits per heavy atom. The predicted molar refractivity (Wildman–Crippen MR) is 140 cm³/mol.